The molecule has 1 fully saturated rings. The number of guanidine groups is 1. The topological polar surface area (TPSA) is 36.9 Å². The Morgan fingerprint density at radius 1 is 1.36 bits per heavy atom. The normalized spacial score (nSPS) is 16.5. The number of rotatable bonds is 5. The van der Waals surface area contributed by atoms with Gasteiger partial charge in [-0.15, -0.1) is 24.0 Å². The van der Waals surface area contributed by atoms with Crippen molar-refractivity contribution < 1.29 is 4.74 Å². The zero-order valence-corrected chi connectivity index (χ0v) is 16.4. The largest absolute Gasteiger partial charge is 0.380 e. The third kappa shape index (κ3) is 5.12. The molecular weight excluding hydrogens is 389 g/mol. The van der Waals surface area contributed by atoms with Crippen LogP contribution < -0.4 is 5.32 Å². The van der Waals surface area contributed by atoms with Gasteiger partial charge >= 0.3 is 0 Å². The highest BCUT2D eigenvalue weighted by Crippen LogP contribution is 2.26. The van der Waals surface area contributed by atoms with Gasteiger partial charge in [0.15, 0.2) is 5.96 Å². The molecule has 0 aliphatic carbocycles. The quantitative estimate of drug-likeness (QED) is 0.455. The summed E-state index contributed by atoms with van der Waals surface area (Å²) in [5.74, 6) is 0.967. The molecule has 1 aliphatic rings. The maximum atomic E-state index is 5.30. The molecule has 1 saturated heterocycles. The smallest absolute Gasteiger partial charge is 0.193 e. The van der Waals surface area contributed by atoms with Gasteiger partial charge in [0.1, 0.15) is 0 Å². The molecular formula is C17H28IN3O. The van der Waals surface area contributed by atoms with Crippen molar-refractivity contribution in [2.24, 2.45) is 10.4 Å². The molecule has 1 N–H and O–H groups in total. The van der Waals surface area contributed by atoms with E-state index < -0.39 is 0 Å². The van der Waals surface area contributed by atoms with E-state index >= 15 is 0 Å². The lowest BCUT2D eigenvalue weighted by molar-refractivity contribution is -0.0946. The first-order chi connectivity index (χ1) is 10.0. The first-order valence-electron chi connectivity index (χ1n) is 7.66. The van der Waals surface area contributed by atoms with E-state index in [9.17, 15) is 0 Å². The van der Waals surface area contributed by atoms with Gasteiger partial charge in [0.05, 0.1) is 19.8 Å². The lowest BCUT2D eigenvalue weighted by Crippen LogP contribution is -2.44. The van der Waals surface area contributed by atoms with E-state index in [0.717, 1.165) is 38.8 Å². The van der Waals surface area contributed by atoms with Crippen LogP contribution in [0.4, 0.5) is 0 Å². The van der Waals surface area contributed by atoms with Crippen molar-refractivity contribution in [1.82, 2.24) is 10.2 Å². The lowest BCUT2D eigenvalue weighted by Gasteiger charge is -2.37. The number of aryl methyl sites for hydroxylation is 1. The van der Waals surface area contributed by atoms with Crippen LogP contribution in [0.3, 0.4) is 0 Å². The molecule has 22 heavy (non-hydrogen) atoms. The number of hydrogen-bond donors (Lipinski definition) is 1. The van der Waals surface area contributed by atoms with Crippen LogP contribution in [0.2, 0.25) is 0 Å². The highest BCUT2D eigenvalue weighted by Gasteiger charge is 2.33. The molecule has 2 rings (SSSR count). The van der Waals surface area contributed by atoms with Crippen molar-refractivity contribution in [3.05, 3.63) is 35.4 Å². The van der Waals surface area contributed by atoms with Gasteiger partial charge in [0.25, 0.3) is 0 Å². The first-order valence-corrected chi connectivity index (χ1v) is 7.66. The van der Waals surface area contributed by atoms with Gasteiger partial charge in [-0.1, -0.05) is 31.2 Å². The molecule has 0 aromatic heterocycles. The SMILES string of the molecule is CCNC(=NCC1(C)COC1)N(C)Cc1ccccc1C.I. The summed E-state index contributed by atoms with van der Waals surface area (Å²) in [6.07, 6.45) is 0. The third-order valence-electron chi connectivity index (χ3n) is 3.88. The molecule has 1 aromatic carbocycles. The van der Waals surface area contributed by atoms with Gasteiger partial charge in [0, 0.05) is 25.6 Å². The van der Waals surface area contributed by atoms with Crippen molar-refractivity contribution in [2.75, 3.05) is 33.4 Å². The Morgan fingerprint density at radius 2 is 2.05 bits per heavy atom. The molecule has 1 heterocycles. The number of halogens is 1. The zero-order chi connectivity index (χ0) is 15.3. The van der Waals surface area contributed by atoms with Gasteiger partial charge in [-0.3, -0.25) is 4.99 Å². The molecule has 124 valence electrons. The van der Waals surface area contributed by atoms with E-state index in [1.807, 2.05) is 0 Å². The number of nitrogens with zero attached hydrogens (tertiary/aromatic N) is 2. The second-order valence-corrected chi connectivity index (χ2v) is 6.26. The monoisotopic (exact) mass is 417 g/mol. The van der Waals surface area contributed by atoms with E-state index in [-0.39, 0.29) is 29.4 Å². The number of benzene rings is 1. The van der Waals surface area contributed by atoms with Crippen molar-refractivity contribution >= 4 is 29.9 Å². The molecule has 1 aromatic rings. The van der Waals surface area contributed by atoms with Crippen LogP contribution in [-0.4, -0.2) is 44.2 Å². The minimum Gasteiger partial charge on any atom is -0.380 e. The average molecular weight is 417 g/mol. The van der Waals surface area contributed by atoms with E-state index in [4.69, 9.17) is 9.73 Å². The van der Waals surface area contributed by atoms with Gasteiger partial charge < -0.3 is 15.0 Å². The summed E-state index contributed by atoms with van der Waals surface area (Å²) in [7, 11) is 2.09. The van der Waals surface area contributed by atoms with E-state index in [2.05, 4.69) is 62.3 Å². The maximum absolute atomic E-state index is 5.30. The summed E-state index contributed by atoms with van der Waals surface area (Å²) < 4.78 is 5.30. The number of hydrogen-bond acceptors (Lipinski definition) is 2. The summed E-state index contributed by atoms with van der Waals surface area (Å²) in [6.45, 7) is 10.7. The predicted molar refractivity (Wildman–Crippen MR) is 103 cm³/mol. The van der Waals surface area contributed by atoms with Crippen LogP contribution in [0.5, 0.6) is 0 Å². The van der Waals surface area contributed by atoms with Gasteiger partial charge in [-0.2, -0.15) is 0 Å². The zero-order valence-electron chi connectivity index (χ0n) is 14.1. The van der Waals surface area contributed by atoms with Crippen LogP contribution in [0, 0.1) is 12.3 Å². The maximum Gasteiger partial charge on any atom is 0.193 e. The van der Waals surface area contributed by atoms with Crippen LogP contribution >= 0.6 is 24.0 Å². The number of ether oxygens (including phenoxy) is 1. The van der Waals surface area contributed by atoms with Gasteiger partial charge in [0.2, 0.25) is 0 Å². The third-order valence-corrected chi connectivity index (χ3v) is 3.88. The Bertz CT molecular complexity index is 500. The van der Waals surface area contributed by atoms with Crippen LogP contribution in [0.25, 0.3) is 0 Å². The van der Waals surface area contributed by atoms with Crippen molar-refractivity contribution in [1.29, 1.82) is 0 Å². The first kappa shape index (κ1) is 19.2. The average Bonchev–Trinajstić information content (AvgIpc) is 2.43. The highest BCUT2D eigenvalue weighted by molar-refractivity contribution is 14.0. The van der Waals surface area contributed by atoms with Gasteiger partial charge in [-0.25, -0.2) is 0 Å². The molecule has 0 atom stereocenters. The Labute approximate surface area is 151 Å². The van der Waals surface area contributed by atoms with Gasteiger partial charge in [-0.05, 0) is 25.0 Å². The predicted octanol–water partition coefficient (Wildman–Crippen LogP) is 3.05. The Morgan fingerprint density at radius 3 is 2.59 bits per heavy atom. The molecule has 1 aliphatic heterocycles. The number of nitrogens with one attached hydrogen (secondary N) is 1. The van der Waals surface area contributed by atoms with Crippen molar-refractivity contribution in [3.8, 4) is 0 Å². The molecule has 0 saturated carbocycles. The highest BCUT2D eigenvalue weighted by atomic mass is 127. The second kappa shape index (κ2) is 8.72. The standard InChI is InChI=1S/C17H27N3O.HI/c1-5-18-16(19-11-17(3)12-21-13-17)20(4)10-15-9-7-6-8-14(15)2;/h6-9H,5,10-13H2,1-4H3,(H,18,19);1H. The Balaban J connectivity index is 0.00000242. The minimum atomic E-state index is 0. The molecule has 4 nitrogen and oxygen atoms in total. The van der Waals surface area contributed by atoms with E-state index in [1.54, 1.807) is 0 Å². The molecule has 0 unspecified atom stereocenters. The Kier molecular flexibility index (Phi) is 7.62. The molecule has 5 heteroatoms. The fraction of sp³-hybridized carbons (Fsp3) is 0.588. The summed E-state index contributed by atoms with van der Waals surface area (Å²) in [5, 5.41) is 3.38. The van der Waals surface area contributed by atoms with Crippen LogP contribution in [0.1, 0.15) is 25.0 Å². The lowest BCUT2D eigenvalue weighted by atomic mass is 9.89. The molecule has 0 spiro atoms. The molecule has 0 amide bonds. The van der Waals surface area contributed by atoms with Crippen LogP contribution in [-0.2, 0) is 11.3 Å². The summed E-state index contributed by atoms with van der Waals surface area (Å²) in [5.41, 5.74) is 2.87. The fourth-order valence-corrected chi connectivity index (χ4v) is 2.40. The minimum absolute atomic E-state index is 0. The number of aliphatic imine (C=N–C) groups is 1. The summed E-state index contributed by atoms with van der Waals surface area (Å²) >= 11 is 0. The molecule has 0 bridgehead atoms. The summed E-state index contributed by atoms with van der Waals surface area (Å²) in [6, 6.07) is 8.50. The second-order valence-electron chi connectivity index (χ2n) is 6.26. The fourth-order valence-electron chi connectivity index (χ4n) is 2.40. The molecule has 0 radical (unpaired) electrons. The van der Waals surface area contributed by atoms with Crippen molar-refractivity contribution in [2.45, 2.75) is 27.3 Å². The Hall–Kier alpha value is -0.820. The van der Waals surface area contributed by atoms with Crippen molar-refractivity contribution in [3.63, 3.8) is 0 Å². The van der Waals surface area contributed by atoms with E-state index in [1.165, 1.54) is 11.1 Å². The van der Waals surface area contributed by atoms with E-state index in [0.29, 0.717) is 0 Å². The van der Waals surface area contributed by atoms with Crippen LogP contribution in [0.15, 0.2) is 29.3 Å². The summed E-state index contributed by atoms with van der Waals surface area (Å²) in [4.78, 5) is 6.97.